The molecule has 0 saturated carbocycles. The topological polar surface area (TPSA) is 38.9 Å². The zero-order valence-electron chi connectivity index (χ0n) is 19.2. The third kappa shape index (κ3) is 3.56. The van der Waals surface area contributed by atoms with Crippen molar-refractivity contribution in [3.63, 3.8) is 0 Å². The standard InChI is InChI=1S/C31H24N2O/c1-20(2)23-13-14-26-24(17-23)15-16-32-29(26)25-18-27(21-9-5-3-6-10-21)30-28(19-25)34-31(33-30)22-11-7-4-8-12-22/h3-20H,1-2H3. The Kier molecular flexibility index (Phi) is 4.96. The second kappa shape index (κ2) is 8.27. The van der Waals surface area contributed by atoms with E-state index in [1.54, 1.807) is 0 Å². The van der Waals surface area contributed by atoms with E-state index in [4.69, 9.17) is 14.4 Å². The van der Waals surface area contributed by atoms with Gasteiger partial charge >= 0.3 is 0 Å². The van der Waals surface area contributed by atoms with Gasteiger partial charge in [-0.2, -0.15) is 0 Å². The van der Waals surface area contributed by atoms with Crippen LogP contribution in [0.1, 0.15) is 25.3 Å². The molecule has 6 rings (SSSR count). The van der Waals surface area contributed by atoms with Crippen LogP contribution >= 0.6 is 0 Å². The zero-order valence-corrected chi connectivity index (χ0v) is 19.2. The first kappa shape index (κ1) is 20.4. The largest absolute Gasteiger partial charge is 0.436 e. The van der Waals surface area contributed by atoms with E-state index in [9.17, 15) is 0 Å². The van der Waals surface area contributed by atoms with Crippen LogP contribution in [0.3, 0.4) is 0 Å². The van der Waals surface area contributed by atoms with Crippen LogP contribution in [-0.4, -0.2) is 9.97 Å². The first-order chi connectivity index (χ1) is 16.7. The number of nitrogens with zero attached hydrogens (tertiary/aromatic N) is 2. The van der Waals surface area contributed by atoms with Crippen LogP contribution in [0.5, 0.6) is 0 Å². The van der Waals surface area contributed by atoms with Crippen LogP contribution < -0.4 is 0 Å². The molecular weight excluding hydrogens is 416 g/mol. The monoisotopic (exact) mass is 440 g/mol. The van der Waals surface area contributed by atoms with Crippen molar-refractivity contribution in [3.05, 3.63) is 109 Å². The van der Waals surface area contributed by atoms with Crippen molar-refractivity contribution in [1.82, 2.24) is 9.97 Å². The first-order valence-corrected chi connectivity index (χ1v) is 11.6. The quantitative estimate of drug-likeness (QED) is 0.276. The minimum Gasteiger partial charge on any atom is -0.436 e. The van der Waals surface area contributed by atoms with Crippen LogP contribution in [0.4, 0.5) is 0 Å². The van der Waals surface area contributed by atoms with Gasteiger partial charge in [-0.3, -0.25) is 4.98 Å². The number of pyridine rings is 1. The molecule has 0 bridgehead atoms. The molecule has 3 nitrogen and oxygen atoms in total. The summed E-state index contributed by atoms with van der Waals surface area (Å²) in [5.41, 5.74) is 8.01. The molecular formula is C31H24N2O. The lowest BCUT2D eigenvalue weighted by Crippen LogP contribution is -1.91. The third-order valence-corrected chi connectivity index (χ3v) is 6.33. The van der Waals surface area contributed by atoms with Gasteiger partial charge in [0.05, 0.1) is 5.69 Å². The molecule has 0 aliphatic heterocycles. The highest BCUT2D eigenvalue weighted by molar-refractivity contribution is 6.00. The molecule has 0 N–H and O–H groups in total. The summed E-state index contributed by atoms with van der Waals surface area (Å²) in [6.45, 7) is 4.44. The van der Waals surface area contributed by atoms with Crippen LogP contribution in [-0.2, 0) is 0 Å². The predicted octanol–water partition coefficient (Wildman–Crippen LogP) is 8.50. The Balaban J connectivity index is 1.60. The summed E-state index contributed by atoms with van der Waals surface area (Å²) in [5.74, 6) is 1.10. The number of benzene rings is 4. The highest BCUT2D eigenvalue weighted by Gasteiger charge is 2.17. The molecule has 0 spiro atoms. The van der Waals surface area contributed by atoms with Gasteiger partial charge in [0, 0.05) is 28.3 Å². The molecule has 4 aromatic carbocycles. The van der Waals surface area contributed by atoms with Gasteiger partial charge in [-0.15, -0.1) is 0 Å². The van der Waals surface area contributed by atoms with Crippen molar-refractivity contribution in [2.75, 3.05) is 0 Å². The third-order valence-electron chi connectivity index (χ3n) is 6.33. The number of oxazole rings is 1. The molecule has 0 atom stereocenters. The van der Waals surface area contributed by atoms with Gasteiger partial charge in [-0.05, 0) is 52.8 Å². The van der Waals surface area contributed by atoms with E-state index in [1.807, 2.05) is 42.6 Å². The van der Waals surface area contributed by atoms with Crippen LogP contribution in [0.25, 0.3) is 55.7 Å². The zero-order chi connectivity index (χ0) is 23.1. The fourth-order valence-electron chi connectivity index (χ4n) is 4.49. The summed E-state index contributed by atoms with van der Waals surface area (Å²) in [5, 5.41) is 2.33. The molecule has 34 heavy (non-hydrogen) atoms. The Labute approximate surface area is 198 Å². The molecule has 0 fully saturated rings. The molecule has 0 amide bonds. The van der Waals surface area contributed by atoms with Crippen molar-refractivity contribution in [2.24, 2.45) is 0 Å². The van der Waals surface area contributed by atoms with Gasteiger partial charge < -0.3 is 4.42 Å². The Morgan fingerprint density at radius 1 is 0.706 bits per heavy atom. The van der Waals surface area contributed by atoms with E-state index in [0.29, 0.717) is 11.8 Å². The first-order valence-electron chi connectivity index (χ1n) is 11.6. The van der Waals surface area contributed by atoms with E-state index in [2.05, 4.69) is 74.5 Å². The minimum absolute atomic E-state index is 0.479. The number of fused-ring (bicyclic) bond motifs is 2. The van der Waals surface area contributed by atoms with E-state index in [0.717, 1.165) is 44.4 Å². The van der Waals surface area contributed by atoms with Crippen LogP contribution in [0.15, 0.2) is 108 Å². The van der Waals surface area contributed by atoms with Crippen LogP contribution in [0.2, 0.25) is 0 Å². The average Bonchev–Trinajstić information content (AvgIpc) is 3.33. The maximum Gasteiger partial charge on any atom is 0.227 e. The van der Waals surface area contributed by atoms with Gasteiger partial charge in [0.2, 0.25) is 5.89 Å². The predicted molar refractivity (Wildman–Crippen MR) is 140 cm³/mol. The summed E-state index contributed by atoms with van der Waals surface area (Å²) >= 11 is 0. The summed E-state index contributed by atoms with van der Waals surface area (Å²) in [7, 11) is 0. The van der Waals surface area contributed by atoms with Gasteiger partial charge in [0.15, 0.2) is 5.58 Å². The Morgan fingerprint density at radius 2 is 1.44 bits per heavy atom. The molecule has 0 saturated heterocycles. The Morgan fingerprint density at radius 3 is 2.18 bits per heavy atom. The molecule has 0 aliphatic rings. The van der Waals surface area contributed by atoms with Gasteiger partial charge in [0.25, 0.3) is 0 Å². The normalized spacial score (nSPS) is 11.5. The second-order valence-corrected chi connectivity index (χ2v) is 8.92. The summed E-state index contributed by atoms with van der Waals surface area (Å²) in [6.07, 6.45) is 1.89. The molecule has 2 aromatic heterocycles. The lowest BCUT2D eigenvalue weighted by atomic mass is 9.95. The molecule has 2 heterocycles. The maximum atomic E-state index is 6.30. The molecule has 0 unspecified atom stereocenters. The molecule has 6 aromatic rings. The summed E-state index contributed by atoms with van der Waals surface area (Å²) in [4.78, 5) is 9.70. The minimum atomic E-state index is 0.479. The highest BCUT2D eigenvalue weighted by Crippen LogP contribution is 2.37. The van der Waals surface area contributed by atoms with Crippen molar-refractivity contribution in [2.45, 2.75) is 19.8 Å². The van der Waals surface area contributed by atoms with Crippen LogP contribution in [0, 0.1) is 0 Å². The van der Waals surface area contributed by atoms with E-state index >= 15 is 0 Å². The van der Waals surface area contributed by atoms with E-state index < -0.39 is 0 Å². The van der Waals surface area contributed by atoms with Gasteiger partial charge in [-0.1, -0.05) is 80.6 Å². The SMILES string of the molecule is CC(C)c1ccc2c(-c3cc(-c4ccccc4)c4nc(-c5ccccc5)oc4c3)nccc2c1. The Bertz CT molecular complexity index is 1620. The van der Waals surface area contributed by atoms with Crippen molar-refractivity contribution < 1.29 is 4.42 Å². The lowest BCUT2D eigenvalue weighted by molar-refractivity contribution is 0.620. The van der Waals surface area contributed by atoms with Crippen molar-refractivity contribution in [1.29, 1.82) is 0 Å². The smallest absolute Gasteiger partial charge is 0.227 e. The molecule has 164 valence electrons. The Hall–Kier alpha value is -4.24. The number of hydrogen-bond donors (Lipinski definition) is 0. The number of hydrogen-bond acceptors (Lipinski definition) is 3. The van der Waals surface area contributed by atoms with Gasteiger partial charge in [0.1, 0.15) is 5.52 Å². The molecule has 0 aliphatic carbocycles. The fraction of sp³-hybridized carbons (Fsp3) is 0.0968. The number of aromatic nitrogens is 2. The summed E-state index contributed by atoms with van der Waals surface area (Å²) in [6, 6.07) is 33.4. The van der Waals surface area contributed by atoms with Crippen molar-refractivity contribution in [3.8, 4) is 33.8 Å². The average molecular weight is 441 g/mol. The van der Waals surface area contributed by atoms with E-state index in [-0.39, 0.29) is 0 Å². The highest BCUT2D eigenvalue weighted by atomic mass is 16.3. The summed E-state index contributed by atoms with van der Waals surface area (Å²) < 4.78 is 6.30. The van der Waals surface area contributed by atoms with E-state index in [1.165, 1.54) is 10.9 Å². The lowest BCUT2D eigenvalue weighted by Gasteiger charge is -2.11. The second-order valence-electron chi connectivity index (χ2n) is 8.92. The fourth-order valence-corrected chi connectivity index (χ4v) is 4.49. The van der Waals surface area contributed by atoms with Gasteiger partial charge in [-0.25, -0.2) is 4.98 Å². The molecule has 0 radical (unpaired) electrons. The number of rotatable bonds is 4. The molecule has 3 heteroatoms. The maximum absolute atomic E-state index is 6.30. The van der Waals surface area contributed by atoms with Crippen molar-refractivity contribution >= 4 is 21.9 Å².